The summed E-state index contributed by atoms with van der Waals surface area (Å²) in [4.78, 5) is 13.1. The maximum Gasteiger partial charge on any atom is 0.243 e. The molecular formula is C24H32N2O4S. The third-order valence-electron chi connectivity index (χ3n) is 5.78. The molecule has 1 aliphatic rings. The zero-order valence-corrected chi connectivity index (χ0v) is 19.5. The molecule has 1 amide bonds. The van der Waals surface area contributed by atoms with Crippen molar-refractivity contribution in [3.63, 3.8) is 0 Å². The minimum Gasteiger partial charge on any atom is -0.491 e. The van der Waals surface area contributed by atoms with Crippen LogP contribution in [0.2, 0.25) is 0 Å². The molecule has 0 spiro atoms. The van der Waals surface area contributed by atoms with Crippen molar-refractivity contribution in [3.8, 4) is 5.75 Å². The van der Waals surface area contributed by atoms with Gasteiger partial charge < -0.3 is 10.1 Å². The van der Waals surface area contributed by atoms with Gasteiger partial charge in [0.1, 0.15) is 12.4 Å². The predicted octanol–water partition coefficient (Wildman–Crippen LogP) is 3.60. The highest BCUT2D eigenvalue weighted by Crippen LogP contribution is 2.24. The number of carbonyl (C=O) groups is 1. The van der Waals surface area contributed by atoms with Gasteiger partial charge in [0.2, 0.25) is 15.9 Å². The summed E-state index contributed by atoms with van der Waals surface area (Å²) >= 11 is 0. The molecule has 3 rings (SSSR count). The van der Waals surface area contributed by atoms with Gasteiger partial charge in [-0.15, -0.1) is 0 Å². The average molecular weight is 445 g/mol. The molecule has 2 aromatic rings. The Balaban J connectivity index is 1.56. The molecule has 1 aliphatic heterocycles. The highest BCUT2D eigenvalue weighted by molar-refractivity contribution is 7.89. The number of carbonyl (C=O) groups excluding carboxylic acids is 1. The molecule has 7 heteroatoms. The molecule has 6 nitrogen and oxygen atoms in total. The molecule has 1 heterocycles. The van der Waals surface area contributed by atoms with E-state index >= 15 is 0 Å². The number of aryl methyl sites for hydroxylation is 3. The Morgan fingerprint density at radius 3 is 2.52 bits per heavy atom. The van der Waals surface area contributed by atoms with Crippen molar-refractivity contribution in [2.24, 2.45) is 5.92 Å². The Hall–Kier alpha value is -2.38. The number of amides is 1. The normalized spacial score (nSPS) is 18.4. The van der Waals surface area contributed by atoms with Crippen LogP contribution in [0.5, 0.6) is 5.75 Å². The van der Waals surface area contributed by atoms with Gasteiger partial charge in [0.25, 0.3) is 0 Å². The fraction of sp³-hybridized carbons (Fsp3) is 0.458. The third-order valence-corrected chi connectivity index (χ3v) is 7.66. The number of sulfonamides is 1. The van der Waals surface area contributed by atoms with E-state index in [0.717, 1.165) is 16.9 Å². The zero-order valence-electron chi connectivity index (χ0n) is 18.7. The van der Waals surface area contributed by atoms with Gasteiger partial charge in [-0.25, -0.2) is 8.42 Å². The summed E-state index contributed by atoms with van der Waals surface area (Å²) in [6.45, 7) is 8.89. The summed E-state index contributed by atoms with van der Waals surface area (Å²) in [6, 6.07) is 12.6. The third kappa shape index (κ3) is 5.86. The first-order valence-electron chi connectivity index (χ1n) is 10.7. The lowest BCUT2D eigenvalue weighted by Crippen LogP contribution is -2.48. The van der Waals surface area contributed by atoms with Crippen molar-refractivity contribution < 1.29 is 17.9 Å². The Morgan fingerprint density at radius 2 is 1.84 bits per heavy atom. The topological polar surface area (TPSA) is 75.7 Å². The number of rotatable bonds is 7. The number of benzene rings is 2. The van der Waals surface area contributed by atoms with Gasteiger partial charge in [0, 0.05) is 13.1 Å². The minimum absolute atomic E-state index is 0.125. The van der Waals surface area contributed by atoms with Crippen LogP contribution in [0.3, 0.4) is 0 Å². The van der Waals surface area contributed by atoms with E-state index in [1.807, 2.05) is 39.0 Å². The van der Waals surface area contributed by atoms with Crippen LogP contribution < -0.4 is 10.1 Å². The second-order valence-electron chi connectivity index (χ2n) is 8.48. The summed E-state index contributed by atoms with van der Waals surface area (Å²) in [6.07, 6.45) is 1.34. The molecular weight excluding hydrogens is 412 g/mol. The monoisotopic (exact) mass is 444 g/mol. The van der Waals surface area contributed by atoms with Crippen LogP contribution in [0.25, 0.3) is 0 Å². The van der Waals surface area contributed by atoms with E-state index in [9.17, 15) is 13.2 Å². The number of ether oxygens (including phenoxy) is 1. The molecule has 1 saturated heterocycles. The van der Waals surface area contributed by atoms with Crippen LogP contribution >= 0.6 is 0 Å². The molecule has 1 fully saturated rings. The summed E-state index contributed by atoms with van der Waals surface area (Å²) in [5.74, 6) is 0.287. The Labute approximate surface area is 185 Å². The van der Waals surface area contributed by atoms with Gasteiger partial charge >= 0.3 is 0 Å². The predicted molar refractivity (Wildman–Crippen MR) is 122 cm³/mol. The maximum atomic E-state index is 13.0. The smallest absolute Gasteiger partial charge is 0.243 e. The number of hydrogen-bond acceptors (Lipinski definition) is 4. The quantitative estimate of drug-likeness (QED) is 0.708. The number of hydrogen-bond donors (Lipinski definition) is 1. The van der Waals surface area contributed by atoms with Crippen molar-refractivity contribution >= 4 is 15.9 Å². The van der Waals surface area contributed by atoms with Gasteiger partial charge in [-0.3, -0.25) is 4.79 Å². The lowest BCUT2D eigenvalue weighted by atomic mass is 9.98. The van der Waals surface area contributed by atoms with Gasteiger partial charge in [-0.2, -0.15) is 4.31 Å². The van der Waals surface area contributed by atoms with Crippen LogP contribution in [0.4, 0.5) is 0 Å². The van der Waals surface area contributed by atoms with Crippen LogP contribution in [-0.4, -0.2) is 44.4 Å². The molecule has 0 aliphatic carbocycles. The molecule has 168 valence electrons. The molecule has 1 N–H and O–H groups in total. The van der Waals surface area contributed by atoms with Crippen molar-refractivity contribution in [2.75, 3.05) is 19.7 Å². The van der Waals surface area contributed by atoms with E-state index in [4.69, 9.17) is 4.74 Å². The van der Waals surface area contributed by atoms with Crippen LogP contribution in [-0.2, 0) is 14.8 Å². The first-order valence-corrected chi connectivity index (χ1v) is 12.2. The molecule has 0 aromatic heterocycles. The number of piperidine rings is 1. The standard InChI is InChI=1S/C24H32N2O4S/c1-17-7-11-23(12-8-17)31(28,29)26-13-5-6-21(15-26)24(27)25-20(4)16-30-22-10-9-18(2)19(3)14-22/h7-12,14,20-21H,5-6,13,15-16H2,1-4H3,(H,25,27)/t20-,21-/m1/s1. The lowest BCUT2D eigenvalue weighted by molar-refractivity contribution is -0.126. The van der Waals surface area contributed by atoms with Crippen molar-refractivity contribution in [1.82, 2.24) is 9.62 Å². The summed E-state index contributed by atoms with van der Waals surface area (Å²) in [7, 11) is -3.60. The molecule has 31 heavy (non-hydrogen) atoms. The first kappa shape index (κ1) is 23.3. The van der Waals surface area contributed by atoms with Gasteiger partial charge in [0.15, 0.2) is 0 Å². The highest BCUT2D eigenvalue weighted by atomic mass is 32.2. The Morgan fingerprint density at radius 1 is 1.13 bits per heavy atom. The average Bonchev–Trinajstić information content (AvgIpc) is 2.75. The van der Waals surface area contributed by atoms with E-state index in [1.165, 1.54) is 9.87 Å². The van der Waals surface area contributed by atoms with Crippen LogP contribution in [0.15, 0.2) is 47.4 Å². The van der Waals surface area contributed by atoms with E-state index < -0.39 is 10.0 Å². The van der Waals surface area contributed by atoms with Crippen molar-refractivity contribution in [3.05, 3.63) is 59.2 Å². The van der Waals surface area contributed by atoms with Crippen molar-refractivity contribution in [2.45, 2.75) is 51.5 Å². The molecule has 2 aromatic carbocycles. The highest BCUT2D eigenvalue weighted by Gasteiger charge is 2.33. The fourth-order valence-corrected chi connectivity index (χ4v) is 5.19. The Kier molecular flexibility index (Phi) is 7.38. The molecule has 0 unspecified atom stereocenters. The SMILES string of the molecule is Cc1ccc(S(=O)(=O)N2CCC[C@@H](C(=O)N[C@H](C)COc3ccc(C)c(C)c3)C2)cc1. The van der Waals surface area contributed by atoms with Gasteiger partial charge in [-0.05, 0) is 75.9 Å². The summed E-state index contributed by atoms with van der Waals surface area (Å²) in [5, 5.41) is 2.98. The Bertz CT molecular complexity index is 1020. The second-order valence-corrected chi connectivity index (χ2v) is 10.4. The lowest BCUT2D eigenvalue weighted by Gasteiger charge is -2.31. The second kappa shape index (κ2) is 9.83. The van der Waals surface area contributed by atoms with Gasteiger partial charge in [0.05, 0.1) is 16.9 Å². The van der Waals surface area contributed by atoms with Crippen LogP contribution in [0.1, 0.15) is 36.5 Å². The largest absolute Gasteiger partial charge is 0.491 e. The van der Waals surface area contributed by atoms with E-state index in [1.54, 1.807) is 24.3 Å². The minimum atomic E-state index is -3.60. The van der Waals surface area contributed by atoms with E-state index in [0.29, 0.717) is 26.0 Å². The maximum absolute atomic E-state index is 13.0. The molecule has 2 atom stereocenters. The first-order chi connectivity index (χ1) is 14.7. The molecule has 0 saturated carbocycles. The van der Waals surface area contributed by atoms with E-state index in [-0.39, 0.29) is 29.3 Å². The van der Waals surface area contributed by atoms with E-state index in [2.05, 4.69) is 12.2 Å². The number of nitrogens with zero attached hydrogens (tertiary/aromatic N) is 1. The van der Waals surface area contributed by atoms with Crippen LogP contribution in [0, 0.1) is 26.7 Å². The summed E-state index contributed by atoms with van der Waals surface area (Å²) < 4.78 is 33.2. The fourth-order valence-electron chi connectivity index (χ4n) is 3.66. The van der Waals surface area contributed by atoms with Gasteiger partial charge in [-0.1, -0.05) is 23.8 Å². The zero-order chi connectivity index (χ0) is 22.6. The van der Waals surface area contributed by atoms with Crippen molar-refractivity contribution in [1.29, 1.82) is 0 Å². The number of nitrogens with one attached hydrogen (secondary N) is 1. The molecule has 0 bridgehead atoms. The summed E-state index contributed by atoms with van der Waals surface area (Å²) in [5.41, 5.74) is 3.37. The molecule has 0 radical (unpaired) electrons.